The Kier molecular flexibility index (Phi) is 8.27. The molecule has 0 aliphatic heterocycles. The van der Waals surface area contributed by atoms with Gasteiger partial charge in [-0.2, -0.15) is 27.8 Å². The van der Waals surface area contributed by atoms with Gasteiger partial charge in [0.2, 0.25) is 0 Å². The van der Waals surface area contributed by atoms with Crippen LogP contribution in [0.2, 0.25) is 0 Å². The summed E-state index contributed by atoms with van der Waals surface area (Å²) in [6.45, 7) is 11.0. The molecule has 1 N–H and O–H groups in total. The molecule has 3 heteroatoms. The largest absolute Gasteiger partial charge is 0.697 e. The number of fused-ring (bicyclic) bond motifs is 1. The summed E-state index contributed by atoms with van der Waals surface area (Å²) in [4.78, 5) is 4.09. The van der Waals surface area contributed by atoms with Gasteiger partial charge in [-0.3, -0.25) is 4.98 Å². The van der Waals surface area contributed by atoms with E-state index in [2.05, 4.69) is 39.6 Å². The molecule has 0 saturated carbocycles. The maximum atomic E-state index is 7.50. The summed E-state index contributed by atoms with van der Waals surface area (Å²) in [7, 11) is 0. The zero-order valence-electron chi connectivity index (χ0n) is 14.7. The number of rotatable bonds is 0. The Balaban J connectivity index is 0.000000389. The van der Waals surface area contributed by atoms with E-state index in [1.807, 2.05) is 24.3 Å². The van der Waals surface area contributed by atoms with Gasteiger partial charge in [-0.1, -0.05) is 58.9 Å². The van der Waals surface area contributed by atoms with Crippen LogP contribution in [0, 0.1) is 42.0 Å². The molecule has 1 heterocycles. The van der Waals surface area contributed by atoms with Crippen LogP contribution in [0.25, 0.3) is 16.6 Å². The van der Waals surface area contributed by atoms with Crippen LogP contribution in [-0.4, -0.2) is 4.98 Å². The third-order valence-electron chi connectivity index (χ3n) is 4.45. The quantitative estimate of drug-likeness (QED) is 0.324. The molecule has 127 valence electrons. The Morgan fingerprint density at radius 2 is 1.43 bits per heavy atom. The van der Waals surface area contributed by atoms with Gasteiger partial charge in [-0.05, 0) is 11.5 Å². The van der Waals surface area contributed by atoms with Gasteiger partial charge in [0.05, 0.1) is 5.52 Å². The number of aromatic nitrogens is 1. The third kappa shape index (κ3) is 4.45. The van der Waals surface area contributed by atoms with Crippen LogP contribution in [0.4, 0.5) is 5.69 Å². The average Bonchev–Trinajstić information content (AvgIpc) is 2.67. The predicted molar refractivity (Wildman–Crippen MR) is 97.9 cm³/mol. The van der Waals surface area contributed by atoms with Crippen molar-refractivity contribution in [3.8, 4) is 0 Å². The molecule has 0 aliphatic carbocycles. The number of hydrogen-bond acceptors (Lipinski definition) is 1. The molecule has 23 heavy (non-hydrogen) atoms. The second-order valence-electron chi connectivity index (χ2n) is 5.51. The smallest absolute Gasteiger partial charge is 0.0551 e. The minimum absolute atomic E-state index is 0. The van der Waals surface area contributed by atoms with Crippen molar-refractivity contribution >= 4 is 16.6 Å². The fourth-order valence-corrected chi connectivity index (χ4v) is 2.51. The minimum atomic E-state index is 0. The van der Waals surface area contributed by atoms with Crippen molar-refractivity contribution in [1.29, 1.82) is 0 Å². The summed E-state index contributed by atoms with van der Waals surface area (Å²) in [5, 5.41) is 1.03. The summed E-state index contributed by atoms with van der Waals surface area (Å²) >= 11 is 0. The van der Waals surface area contributed by atoms with Gasteiger partial charge < -0.3 is 13.2 Å². The number of nitrogens with one attached hydrogen (secondary N) is 1. The van der Waals surface area contributed by atoms with E-state index >= 15 is 0 Å². The summed E-state index contributed by atoms with van der Waals surface area (Å²) in [6.07, 6.45) is 1.71. The number of benzene rings is 1. The first-order chi connectivity index (χ1) is 9.93. The molecule has 1 aromatic heterocycles. The fourth-order valence-electron chi connectivity index (χ4n) is 2.51. The minimum Gasteiger partial charge on any atom is -0.697 e. The van der Waals surface area contributed by atoms with Gasteiger partial charge in [-0.15, -0.1) is 5.69 Å². The van der Waals surface area contributed by atoms with Crippen LogP contribution in [0.15, 0.2) is 36.5 Å². The van der Waals surface area contributed by atoms with Crippen molar-refractivity contribution in [2.24, 2.45) is 0 Å². The third-order valence-corrected chi connectivity index (χ3v) is 4.45. The molecule has 2 aromatic carbocycles. The molecule has 0 spiro atoms. The average molecular weight is 396 g/mol. The maximum absolute atomic E-state index is 7.50. The van der Waals surface area contributed by atoms with E-state index in [1.165, 1.54) is 27.8 Å². The van der Waals surface area contributed by atoms with Crippen LogP contribution in [0.3, 0.4) is 0 Å². The molecular formula is C20H25N2Rh-3. The molecule has 0 unspecified atom stereocenters. The zero-order valence-corrected chi connectivity index (χ0v) is 16.4. The van der Waals surface area contributed by atoms with E-state index in [1.54, 1.807) is 12.3 Å². The number of pyridine rings is 1. The van der Waals surface area contributed by atoms with Crippen molar-refractivity contribution in [2.75, 3.05) is 0 Å². The second kappa shape index (κ2) is 8.89. The maximum Gasteiger partial charge on any atom is 0.0551 e. The Labute approximate surface area is 153 Å². The molecule has 0 atom stereocenters. The topological polar surface area (TPSA) is 36.7 Å². The first-order valence-corrected chi connectivity index (χ1v) is 7.18. The van der Waals surface area contributed by atoms with Crippen molar-refractivity contribution in [3.05, 3.63) is 77.5 Å². The Bertz CT molecular complexity index is 687. The SMILES string of the molecule is Cc1c(C)c(C)[c-](C)c1C.[CH3-].[NH-]c1cccc2cccnc12.[Rh]. The molecular weight excluding hydrogens is 371 g/mol. The standard InChI is InChI=1S/C10H15.C9H7N2.CH3.Rh/c1-6-7(2)9(4)10(5)8(6)3;10-8-5-1-3-7-4-2-6-11-9(7)8;;/h1-5H3;1-6,10H;1H3;/q3*-1;. The number of nitrogens with zero attached hydrogens (tertiary/aromatic N) is 1. The number of para-hydroxylation sites is 1. The normalized spacial score (nSPS) is 9.43. The summed E-state index contributed by atoms with van der Waals surface area (Å²) in [5.41, 5.74) is 16.1. The van der Waals surface area contributed by atoms with E-state index in [0.717, 1.165) is 10.9 Å². The fraction of sp³-hybridized carbons (Fsp3) is 0.250. The van der Waals surface area contributed by atoms with Crippen molar-refractivity contribution in [3.63, 3.8) is 0 Å². The van der Waals surface area contributed by atoms with Gasteiger partial charge in [-0.25, -0.2) is 0 Å². The van der Waals surface area contributed by atoms with Crippen molar-refractivity contribution in [2.45, 2.75) is 34.6 Å². The number of hydrogen-bond donors (Lipinski definition) is 0. The molecule has 0 fully saturated rings. The Morgan fingerprint density at radius 1 is 0.913 bits per heavy atom. The van der Waals surface area contributed by atoms with Crippen LogP contribution < -0.4 is 0 Å². The summed E-state index contributed by atoms with van der Waals surface area (Å²) in [6, 6.07) is 9.41. The zero-order chi connectivity index (χ0) is 15.6. The van der Waals surface area contributed by atoms with Crippen LogP contribution >= 0.6 is 0 Å². The monoisotopic (exact) mass is 396 g/mol. The molecule has 1 radical (unpaired) electrons. The predicted octanol–water partition coefficient (Wildman–Crippen LogP) is 6.31. The summed E-state index contributed by atoms with van der Waals surface area (Å²) < 4.78 is 0. The van der Waals surface area contributed by atoms with Crippen LogP contribution in [0.5, 0.6) is 0 Å². The van der Waals surface area contributed by atoms with Gasteiger partial charge >= 0.3 is 0 Å². The van der Waals surface area contributed by atoms with E-state index < -0.39 is 0 Å². The molecule has 2 nitrogen and oxygen atoms in total. The van der Waals surface area contributed by atoms with E-state index in [4.69, 9.17) is 5.73 Å². The summed E-state index contributed by atoms with van der Waals surface area (Å²) in [5.74, 6) is 0. The van der Waals surface area contributed by atoms with E-state index in [-0.39, 0.29) is 26.9 Å². The van der Waals surface area contributed by atoms with Gasteiger partial charge in [0, 0.05) is 25.7 Å². The van der Waals surface area contributed by atoms with Crippen LogP contribution in [-0.2, 0) is 19.5 Å². The van der Waals surface area contributed by atoms with Crippen molar-refractivity contribution in [1.82, 2.24) is 4.98 Å². The van der Waals surface area contributed by atoms with Crippen LogP contribution in [0.1, 0.15) is 27.8 Å². The molecule has 3 aromatic rings. The van der Waals surface area contributed by atoms with Gasteiger partial charge in [0.15, 0.2) is 0 Å². The molecule has 3 rings (SSSR count). The van der Waals surface area contributed by atoms with E-state index in [0.29, 0.717) is 5.69 Å². The van der Waals surface area contributed by atoms with Gasteiger partial charge in [0.25, 0.3) is 0 Å². The van der Waals surface area contributed by atoms with Crippen molar-refractivity contribution < 1.29 is 19.5 Å². The Morgan fingerprint density at radius 3 is 1.87 bits per heavy atom. The molecule has 0 amide bonds. The molecule has 0 aliphatic rings. The van der Waals surface area contributed by atoms with E-state index in [9.17, 15) is 0 Å². The second-order valence-corrected chi connectivity index (χ2v) is 5.51. The molecule has 0 bridgehead atoms. The van der Waals surface area contributed by atoms with Gasteiger partial charge in [0.1, 0.15) is 0 Å². The first kappa shape index (κ1) is 21.4. The molecule has 0 saturated heterocycles. The first-order valence-electron chi connectivity index (χ1n) is 7.18. The Hall–Kier alpha value is -1.60.